The highest BCUT2D eigenvalue weighted by Crippen LogP contribution is 2.22. The zero-order chi connectivity index (χ0) is 18.9. The fraction of sp³-hybridized carbons (Fsp3) is 0.238. The molecule has 0 atom stereocenters. The van der Waals surface area contributed by atoms with Gasteiger partial charge in [-0.25, -0.2) is 15.0 Å². The summed E-state index contributed by atoms with van der Waals surface area (Å²) in [7, 11) is 0. The third kappa shape index (κ3) is 3.15. The van der Waals surface area contributed by atoms with E-state index in [2.05, 4.69) is 27.1 Å². The summed E-state index contributed by atoms with van der Waals surface area (Å²) in [6.45, 7) is 1.05. The van der Waals surface area contributed by atoms with E-state index in [1.807, 2.05) is 30.5 Å². The molecule has 1 aliphatic heterocycles. The minimum Gasteiger partial charge on any atom is -0.445 e. The molecule has 0 N–H and O–H groups in total. The zero-order valence-electron chi connectivity index (χ0n) is 15.3. The van der Waals surface area contributed by atoms with Crippen molar-refractivity contribution in [1.29, 1.82) is 0 Å². The smallest absolute Gasteiger partial charge is 0.274 e. The van der Waals surface area contributed by atoms with Crippen LogP contribution in [0.25, 0.3) is 5.78 Å². The van der Waals surface area contributed by atoms with Gasteiger partial charge in [-0.3, -0.25) is 9.20 Å². The van der Waals surface area contributed by atoms with Crippen molar-refractivity contribution >= 4 is 11.7 Å². The molecule has 0 saturated carbocycles. The number of hydrogen-bond donors (Lipinski definition) is 0. The van der Waals surface area contributed by atoms with Crippen LogP contribution in [0.1, 0.15) is 33.4 Å². The third-order valence-electron chi connectivity index (χ3n) is 4.98. The SMILES string of the molecule is O=C(c1cn2cccnc2n1)N1CCc2oc(CCc3ccccc3)nc2C1. The van der Waals surface area contributed by atoms with E-state index in [9.17, 15) is 4.79 Å². The molecule has 28 heavy (non-hydrogen) atoms. The van der Waals surface area contributed by atoms with E-state index in [-0.39, 0.29) is 5.91 Å². The van der Waals surface area contributed by atoms with Crippen LogP contribution in [0.3, 0.4) is 0 Å². The Morgan fingerprint density at radius 1 is 1.11 bits per heavy atom. The first-order chi connectivity index (χ1) is 13.8. The van der Waals surface area contributed by atoms with Crippen LogP contribution in [0.2, 0.25) is 0 Å². The second-order valence-electron chi connectivity index (χ2n) is 6.89. The van der Waals surface area contributed by atoms with E-state index in [0.717, 1.165) is 30.2 Å². The number of rotatable bonds is 4. The number of nitrogens with zero attached hydrogens (tertiary/aromatic N) is 5. The summed E-state index contributed by atoms with van der Waals surface area (Å²) in [6.07, 6.45) is 7.52. The summed E-state index contributed by atoms with van der Waals surface area (Å²) in [5.41, 5.74) is 2.51. The van der Waals surface area contributed by atoms with E-state index >= 15 is 0 Å². The number of benzene rings is 1. The summed E-state index contributed by atoms with van der Waals surface area (Å²) in [5, 5.41) is 0. The second kappa shape index (κ2) is 6.92. The molecular weight excluding hydrogens is 354 g/mol. The Labute approximate surface area is 161 Å². The number of fused-ring (bicyclic) bond motifs is 2. The maximum Gasteiger partial charge on any atom is 0.274 e. The van der Waals surface area contributed by atoms with Gasteiger partial charge < -0.3 is 9.32 Å². The first kappa shape index (κ1) is 16.7. The Morgan fingerprint density at radius 2 is 2.00 bits per heavy atom. The highest BCUT2D eigenvalue weighted by molar-refractivity contribution is 5.92. The Hall–Kier alpha value is -3.48. The van der Waals surface area contributed by atoms with Gasteiger partial charge in [0.1, 0.15) is 17.1 Å². The van der Waals surface area contributed by atoms with E-state index in [0.29, 0.717) is 31.0 Å². The number of aromatic nitrogens is 4. The highest BCUT2D eigenvalue weighted by atomic mass is 16.4. The maximum atomic E-state index is 12.9. The van der Waals surface area contributed by atoms with Gasteiger partial charge in [-0.1, -0.05) is 30.3 Å². The van der Waals surface area contributed by atoms with Crippen LogP contribution < -0.4 is 0 Å². The molecule has 0 radical (unpaired) electrons. The number of aryl methyl sites for hydroxylation is 2. The van der Waals surface area contributed by atoms with Crippen molar-refractivity contribution in [3.8, 4) is 0 Å². The molecule has 7 nitrogen and oxygen atoms in total. The zero-order valence-corrected chi connectivity index (χ0v) is 15.3. The number of carbonyl (C=O) groups excluding carboxylic acids is 1. The summed E-state index contributed by atoms with van der Waals surface area (Å²) >= 11 is 0. The van der Waals surface area contributed by atoms with Gasteiger partial charge in [0.25, 0.3) is 5.91 Å². The lowest BCUT2D eigenvalue weighted by atomic mass is 10.1. The van der Waals surface area contributed by atoms with E-state index < -0.39 is 0 Å². The summed E-state index contributed by atoms with van der Waals surface area (Å²) < 4.78 is 7.68. The van der Waals surface area contributed by atoms with Crippen LogP contribution in [0.4, 0.5) is 0 Å². The molecule has 0 aliphatic carbocycles. The molecule has 7 heteroatoms. The third-order valence-corrected chi connectivity index (χ3v) is 4.98. The minimum absolute atomic E-state index is 0.106. The quantitative estimate of drug-likeness (QED) is 0.550. The van der Waals surface area contributed by atoms with Gasteiger partial charge >= 0.3 is 0 Å². The Balaban J connectivity index is 1.29. The minimum atomic E-state index is -0.106. The molecule has 0 bridgehead atoms. The maximum absolute atomic E-state index is 12.9. The molecule has 1 aliphatic rings. The summed E-state index contributed by atoms with van der Waals surface area (Å²) in [5.74, 6) is 2.04. The average molecular weight is 373 g/mol. The first-order valence-electron chi connectivity index (χ1n) is 9.36. The molecule has 0 spiro atoms. The van der Waals surface area contributed by atoms with Crippen LogP contribution in [0.15, 0.2) is 59.4 Å². The standard InChI is InChI=1S/C21H19N5O2/c27-20(17-14-26-11-4-10-22-21(26)24-17)25-12-9-18-16(13-25)23-19(28-18)8-7-15-5-2-1-3-6-15/h1-6,10-11,14H,7-9,12-13H2. The molecular formula is C21H19N5O2. The average Bonchev–Trinajstić information content (AvgIpc) is 3.35. The summed E-state index contributed by atoms with van der Waals surface area (Å²) in [4.78, 5) is 27.8. The predicted molar refractivity (Wildman–Crippen MR) is 102 cm³/mol. The fourth-order valence-corrected chi connectivity index (χ4v) is 3.52. The largest absolute Gasteiger partial charge is 0.445 e. The molecule has 3 aromatic heterocycles. The molecule has 5 rings (SSSR count). The topological polar surface area (TPSA) is 76.5 Å². The molecule has 140 valence electrons. The van der Waals surface area contributed by atoms with Crippen LogP contribution in [0, 0.1) is 0 Å². The second-order valence-corrected chi connectivity index (χ2v) is 6.89. The van der Waals surface area contributed by atoms with E-state index in [1.165, 1.54) is 5.56 Å². The van der Waals surface area contributed by atoms with Crippen molar-refractivity contribution < 1.29 is 9.21 Å². The van der Waals surface area contributed by atoms with Crippen LogP contribution in [-0.4, -0.2) is 36.7 Å². The van der Waals surface area contributed by atoms with Crippen molar-refractivity contribution in [3.63, 3.8) is 0 Å². The fourth-order valence-electron chi connectivity index (χ4n) is 3.52. The van der Waals surface area contributed by atoms with Gasteiger partial charge in [0.15, 0.2) is 5.89 Å². The number of carbonyl (C=O) groups is 1. The Morgan fingerprint density at radius 3 is 2.86 bits per heavy atom. The van der Waals surface area contributed by atoms with Crippen LogP contribution in [-0.2, 0) is 25.8 Å². The molecule has 4 aromatic rings. The van der Waals surface area contributed by atoms with Gasteiger partial charge in [-0.2, -0.15) is 0 Å². The molecule has 0 unspecified atom stereocenters. The molecule has 0 saturated heterocycles. The molecule has 1 aromatic carbocycles. The van der Waals surface area contributed by atoms with Crippen LogP contribution >= 0.6 is 0 Å². The van der Waals surface area contributed by atoms with Gasteiger partial charge in [0.2, 0.25) is 5.78 Å². The van der Waals surface area contributed by atoms with Crippen molar-refractivity contribution in [2.45, 2.75) is 25.8 Å². The van der Waals surface area contributed by atoms with Gasteiger partial charge in [0.05, 0.1) is 6.54 Å². The Kier molecular flexibility index (Phi) is 4.12. The Bertz CT molecular complexity index is 1100. The van der Waals surface area contributed by atoms with Crippen LogP contribution in [0.5, 0.6) is 0 Å². The highest BCUT2D eigenvalue weighted by Gasteiger charge is 2.27. The van der Waals surface area contributed by atoms with Gasteiger partial charge in [0, 0.05) is 38.0 Å². The van der Waals surface area contributed by atoms with Crippen molar-refractivity contribution in [3.05, 3.63) is 83.6 Å². The van der Waals surface area contributed by atoms with Gasteiger partial charge in [-0.05, 0) is 18.1 Å². The molecule has 0 fully saturated rings. The van der Waals surface area contributed by atoms with Crippen molar-refractivity contribution in [2.24, 2.45) is 0 Å². The molecule has 4 heterocycles. The first-order valence-corrected chi connectivity index (χ1v) is 9.36. The van der Waals surface area contributed by atoms with Crippen molar-refractivity contribution in [2.75, 3.05) is 6.54 Å². The molecule has 1 amide bonds. The number of hydrogen-bond acceptors (Lipinski definition) is 5. The van der Waals surface area contributed by atoms with E-state index in [1.54, 1.807) is 21.7 Å². The summed E-state index contributed by atoms with van der Waals surface area (Å²) in [6, 6.07) is 12.1. The number of imidazole rings is 1. The lowest BCUT2D eigenvalue weighted by Gasteiger charge is -2.24. The number of oxazole rings is 1. The lowest BCUT2D eigenvalue weighted by molar-refractivity contribution is 0.0722. The predicted octanol–water partition coefficient (Wildman–Crippen LogP) is 2.70. The van der Waals surface area contributed by atoms with Crippen molar-refractivity contribution in [1.82, 2.24) is 24.3 Å². The van der Waals surface area contributed by atoms with E-state index in [4.69, 9.17) is 4.42 Å². The van der Waals surface area contributed by atoms with Gasteiger partial charge in [-0.15, -0.1) is 0 Å². The number of amides is 1. The normalized spacial score (nSPS) is 13.6. The lowest BCUT2D eigenvalue weighted by Crippen LogP contribution is -2.36. The monoisotopic (exact) mass is 373 g/mol.